The first-order chi connectivity index (χ1) is 9.55. The summed E-state index contributed by atoms with van der Waals surface area (Å²) in [6.07, 6.45) is 8.33. The second-order valence-electron chi connectivity index (χ2n) is 6.08. The second-order valence-corrected chi connectivity index (χ2v) is 7.99. The molecule has 0 spiro atoms. The zero-order valence-electron chi connectivity index (χ0n) is 12.0. The van der Waals surface area contributed by atoms with Crippen molar-refractivity contribution in [2.45, 2.75) is 58.3 Å². The zero-order valence-corrected chi connectivity index (χ0v) is 14.4. The first-order valence-electron chi connectivity index (χ1n) is 7.52. The standard InChI is InChI=1S/C16H23BrO2S/c1-2-3-4-12-5-7-16(8-6-12,15(18)19)10-14-9-13(17)11-20-14/h9,11-12H,2-8,10H2,1H3,(H,18,19). The van der Waals surface area contributed by atoms with Gasteiger partial charge in [-0.15, -0.1) is 11.3 Å². The zero-order chi connectivity index (χ0) is 14.6. The van der Waals surface area contributed by atoms with E-state index in [9.17, 15) is 9.90 Å². The SMILES string of the molecule is CCCCC1CCC(Cc2cc(Br)cs2)(C(=O)O)CC1. The summed E-state index contributed by atoms with van der Waals surface area (Å²) in [5.74, 6) is 0.147. The van der Waals surface area contributed by atoms with E-state index in [1.165, 1.54) is 24.1 Å². The molecule has 1 saturated carbocycles. The van der Waals surface area contributed by atoms with Crippen LogP contribution in [0.25, 0.3) is 0 Å². The number of rotatable bonds is 6. The van der Waals surface area contributed by atoms with Crippen molar-refractivity contribution >= 4 is 33.2 Å². The molecule has 0 saturated heterocycles. The summed E-state index contributed by atoms with van der Waals surface area (Å²) in [5, 5.41) is 11.8. The highest BCUT2D eigenvalue weighted by atomic mass is 79.9. The molecule has 1 aromatic rings. The third-order valence-electron chi connectivity index (χ3n) is 4.62. The van der Waals surface area contributed by atoms with E-state index in [2.05, 4.69) is 28.9 Å². The number of carboxylic acids is 1. The molecule has 1 aliphatic carbocycles. The molecule has 4 heteroatoms. The molecule has 2 rings (SSSR count). The molecule has 0 amide bonds. The maximum Gasteiger partial charge on any atom is 0.309 e. The quantitative estimate of drug-likeness (QED) is 0.728. The second kappa shape index (κ2) is 7.08. The van der Waals surface area contributed by atoms with Crippen LogP contribution in [0.2, 0.25) is 0 Å². The lowest BCUT2D eigenvalue weighted by Crippen LogP contribution is -2.37. The minimum Gasteiger partial charge on any atom is -0.481 e. The summed E-state index contributed by atoms with van der Waals surface area (Å²) < 4.78 is 1.06. The molecular formula is C16H23BrO2S. The summed E-state index contributed by atoms with van der Waals surface area (Å²) in [6.45, 7) is 2.22. The van der Waals surface area contributed by atoms with E-state index < -0.39 is 11.4 Å². The van der Waals surface area contributed by atoms with Crippen LogP contribution in [-0.4, -0.2) is 11.1 Å². The molecule has 1 fully saturated rings. The Morgan fingerprint density at radius 2 is 2.20 bits per heavy atom. The van der Waals surface area contributed by atoms with Gasteiger partial charge in [-0.2, -0.15) is 0 Å². The molecular weight excluding hydrogens is 336 g/mol. The predicted molar refractivity (Wildman–Crippen MR) is 87.3 cm³/mol. The maximum absolute atomic E-state index is 11.8. The van der Waals surface area contributed by atoms with Gasteiger partial charge < -0.3 is 5.11 Å². The van der Waals surface area contributed by atoms with Gasteiger partial charge in [0.1, 0.15) is 0 Å². The van der Waals surface area contributed by atoms with Gasteiger partial charge in [-0.05, 0) is 60.0 Å². The number of hydrogen-bond donors (Lipinski definition) is 1. The van der Waals surface area contributed by atoms with E-state index in [1.807, 2.05) is 5.38 Å². The van der Waals surface area contributed by atoms with Gasteiger partial charge in [-0.25, -0.2) is 0 Å². The summed E-state index contributed by atoms with van der Waals surface area (Å²) in [6, 6.07) is 2.07. The molecule has 0 unspecified atom stereocenters. The number of hydrogen-bond acceptors (Lipinski definition) is 2. The smallest absolute Gasteiger partial charge is 0.309 e. The number of carboxylic acid groups (broad SMARTS) is 1. The number of thiophene rings is 1. The normalized spacial score (nSPS) is 26.6. The predicted octanol–water partition coefficient (Wildman–Crippen LogP) is 5.50. The van der Waals surface area contributed by atoms with Crippen molar-refractivity contribution in [1.82, 2.24) is 0 Å². The van der Waals surface area contributed by atoms with Gasteiger partial charge >= 0.3 is 5.97 Å². The summed E-state index contributed by atoms with van der Waals surface area (Å²) in [7, 11) is 0. The van der Waals surface area contributed by atoms with Gasteiger partial charge in [0.25, 0.3) is 0 Å². The van der Waals surface area contributed by atoms with Crippen molar-refractivity contribution in [2.75, 3.05) is 0 Å². The molecule has 0 aliphatic heterocycles. The van der Waals surface area contributed by atoms with Crippen LogP contribution >= 0.6 is 27.3 Å². The van der Waals surface area contributed by atoms with Crippen molar-refractivity contribution in [1.29, 1.82) is 0 Å². The van der Waals surface area contributed by atoms with Crippen molar-refractivity contribution in [3.05, 3.63) is 20.8 Å². The Kier molecular flexibility index (Phi) is 5.67. The van der Waals surface area contributed by atoms with Crippen LogP contribution in [0.1, 0.15) is 56.7 Å². The third kappa shape index (κ3) is 3.85. The van der Waals surface area contributed by atoms with Crippen molar-refractivity contribution in [2.24, 2.45) is 11.3 Å². The first kappa shape index (κ1) is 16.0. The Morgan fingerprint density at radius 1 is 1.50 bits per heavy atom. The fraction of sp³-hybridized carbons (Fsp3) is 0.688. The molecule has 1 N–H and O–H groups in total. The molecule has 20 heavy (non-hydrogen) atoms. The van der Waals surface area contributed by atoms with Crippen LogP contribution in [0.4, 0.5) is 0 Å². The van der Waals surface area contributed by atoms with Crippen molar-refractivity contribution in [3.8, 4) is 0 Å². The monoisotopic (exact) mass is 358 g/mol. The maximum atomic E-state index is 11.8. The summed E-state index contributed by atoms with van der Waals surface area (Å²) >= 11 is 5.12. The van der Waals surface area contributed by atoms with E-state index in [1.54, 1.807) is 11.3 Å². The van der Waals surface area contributed by atoms with E-state index in [4.69, 9.17) is 0 Å². The fourth-order valence-corrected chi connectivity index (χ4v) is 4.85. The van der Waals surface area contributed by atoms with Gasteiger partial charge in [-0.1, -0.05) is 26.2 Å². The minimum atomic E-state index is -0.601. The largest absolute Gasteiger partial charge is 0.481 e. The minimum absolute atomic E-state index is 0.521. The Balaban J connectivity index is 2.00. The lowest BCUT2D eigenvalue weighted by molar-refractivity contribution is -0.151. The first-order valence-corrected chi connectivity index (χ1v) is 9.19. The average Bonchev–Trinajstić information content (AvgIpc) is 2.83. The van der Waals surface area contributed by atoms with Crippen LogP contribution in [0, 0.1) is 11.3 Å². The molecule has 1 heterocycles. The topological polar surface area (TPSA) is 37.3 Å². The number of halogens is 1. The molecule has 0 atom stereocenters. The molecule has 0 bridgehead atoms. The van der Waals surface area contributed by atoms with Crippen LogP contribution in [0.3, 0.4) is 0 Å². The van der Waals surface area contributed by atoms with Crippen LogP contribution in [-0.2, 0) is 11.2 Å². The van der Waals surface area contributed by atoms with Crippen LogP contribution in [0.15, 0.2) is 15.9 Å². The number of unbranched alkanes of at least 4 members (excludes halogenated alkanes) is 1. The third-order valence-corrected chi connectivity index (χ3v) is 6.31. The molecule has 2 nitrogen and oxygen atoms in total. The van der Waals surface area contributed by atoms with Gasteiger partial charge in [0.2, 0.25) is 0 Å². The Morgan fingerprint density at radius 3 is 2.70 bits per heavy atom. The number of aliphatic carboxylic acids is 1. The van der Waals surface area contributed by atoms with E-state index >= 15 is 0 Å². The van der Waals surface area contributed by atoms with Gasteiger partial charge in [-0.3, -0.25) is 4.79 Å². The van der Waals surface area contributed by atoms with E-state index in [-0.39, 0.29) is 0 Å². The lowest BCUT2D eigenvalue weighted by Gasteiger charge is -2.36. The molecule has 1 aromatic heterocycles. The van der Waals surface area contributed by atoms with Crippen LogP contribution < -0.4 is 0 Å². The average molecular weight is 359 g/mol. The summed E-state index contributed by atoms with van der Waals surface area (Å²) in [4.78, 5) is 13.0. The van der Waals surface area contributed by atoms with Gasteiger partial charge in [0, 0.05) is 14.7 Å². The highest BCUT2D eigenvalue weighted by Gasteiger charge is 2.42. The Hall–Kier alpha value is -0.350. The Bertz CT molecular complexity index is 447. The molecule has 0 aromatic carbocycles. The highest BCUT2D eigenvalue weighted by molar-refractivity contribution is 9.10. The lowest BCUT2D eigenvalue weighted by atomic mass is 9.67. The number of carbonyl (C=O) groups is 1. The fourth-order valence-electron chi connectivity index (χ4n) is 3.26. The molecule has 112 valence electrons. The van der Waals surface area contributed by atoms with E-state index in [0.717, 1.165) is 36.1 Å². The molecule has 1 aliphatic rings. The molecule has 0 radical (unpaired) electrons. The Labute approximate surface area is 133 Å². The van der Waals surface area contributed by atoms with Crippen molar-refractivity contribution in [3.63, 3.8) is 0 Å². The van der Waals surface area contributed by atoms with Crippen molar-refractivity contribution < 1.29 is 9.90 Å². The van der Waals surface area contributed by atoms with Gasteiger partial charge in [0.05, 0.1) is 5.41 Å². The van der Waals surface area contributed by atoms with E-state index in [0.29, 0.717) is 6.42 Å². The summed E-state index contributed by atoms with van der Waals surface area (Å²) in [5.41, 5.74) is -0.521. The van der Waals surface area contributed by atoms with Crippen LogP contribution in [0.5, 0.6) is 0 Å². The highest BCUT2D eigenvalue weighted by Crippen LogP contribution is 2.44. The van der Waals surface area contributed by atoms with Gasteiger partial charge in [0.15, 0.2) is 0 Å².